The molecule has 150 valence electrons. The van der Waals surface area contributed by atoms with Gasteiger partial charge in [0.1, 0.15) is 11.6 Å². The normalized spacial score (nSPS) is 10.6. The van der Waals surface area contributed by atoms with E-state index >= 15 is 0 Å². The van der Waals surface area contributed by atoms with Gasteiger partial charge in [-0.15, -0.1) is 0 Å². The van der Waals surface area contributed by atoms with E-state index in [1.807, 2.05) is 79.7 Å². The molecule has 0 aliphatic carbocycles. The number of benzene rings is 3. The molecule has 0 fully saturated rings. The molecule has 2 N–H and O–H groups in total. The Morgan fingerprint density at radius 3 is 2.43 bits per heavy atom. The zero-order valence-electron chi connectivity index (χ0n) is 17.0. The second kappa shape index (κ2) is 8.66. The van der Waals surface area contributed by atoms with Gasteiger partial charge in [0.15, 0.2) is 0 Å². The second-order valence-corrected chi connectivity index (χ2v) is 7.09. The molecule has 1 aromatic heterocycles. The van der Waals surface area contributed by atoms with E-state index in [1.54, 1.807) is 13.2 Å². The van der Waals surface area contributed by atoms with E-state index in [2.05, 4.69) is 15.6 Å². The number of fused-ring (bicyclic) bond motifs is 1. The van der Waals surface area contributed by atoms with Crippen molar-refractivity contribution in [1.82, 2.24) is 10.3 Å². The Hall–Kier alpha value is -3.86. The van der Waals surface area contributed by atoms with Gasteiger partial charge in [-0.25, -0.2) is 4.98 Å². The summed E-state index contributed by atoms with van der Waals surface area (Å²) in [5, 5.41) is 7.12. The Kier molecular flexibility index (Phi) is 5.61. The fourth-order valence-electron chi connectivity index (χ4n) is 3.23. The summed E-state index contributed by atoms with van der Waals surface area (Å²) in [4.78, 5) is 17.7. The number of methoxy groups -OCH3 is 1. The van der Waals surface area contributed by atoms with Crippen LogP contribution in [0.25, 0.3) is 10.9 Å². The number of amides is 1. The summed E-state index contributed by atoms with van der Waals surface area (Å²) < 4.78 is 5.20. The molecule has 1 amide bonds. The van der Waals surface area contributed by atoms with Crippen molar-refractivity contribution in [2.45, 2.75) is 13.5 Å². The van der Waals surface area contributed by atoms with Crippen LogP contribution in [-0.2, 0) is 6.54 Å². The summed E-state index contributed by atoms with van der Waals surface area (Å²) in [5.41, 5.74) is 4.47. The highest BCUT2D eigenvalue weighted by molar-refractivity contribution is 6.07. The first-order valence-electron chi connectivity index (χ1n) is 9.77. The van der Waals surface area contributed by atoms with Gasteiger partial charge in [-0.2, -0.15) is 0 Å². The fraction of sp³-hybridized carbons (Fsp3) is 0.120. The molecule has 4 rings (SSSR count). The van der Waals surface area contributed by atoms with Crippen molar-refractivity contribution in [2.75, 3.05) is 12.4 Å². The van der Waals surface area contributed by atoms with Crippen LogP contribution in [0.3, 0.4) is 0 Å². The Balaban J connectivity index is 1.60. The van der Waals surface area contributed by atoms with Gasteiger partial charge in [0.05, 0.1) is 18.2 Å². The van der Waals surface area contributed by atoms with Crippen LogP contribution in [0.15, 0.2) is 78.9 Å². The lowest BCUT2D eigenvalue weighted by molar-refractivity contribution is 0.0952. The number of nitrogens with zero attached hydrogens (tertiary/aromatic N) is 1. The van der Waals surface area contributed by atoms with Gasteiger partial charge in [-0.1, -0.05) is 48.0 Å². The number of hydrogen-bond acceptors (Lipinski definition) is 4. The van der Waals surface area contributed by atoms with Crippen LogP contribution in [-0.4, -0.2) is 18.0 Å². The number of aryl methyl sites for hydroxylation is 1. The molecule has 5 heteroatoms. The molecular formula is C25H23N3O2. The zero-order valence-corrected chi connectivity index (χ0v) is 17.0. The zero-order chi connectivity index (χ0) is 20.9. The van der Waals surface area contributed by atoms with E-state index in [4.69, 9.17) is 4.74 Å². The van der Waals surface area contributed by atoms with Crippen LogP contribution < -0.4 is 15.4 Å². The standard InChI is InChI=1S/C25H23N3O2/c1-17-7-9-18(10-8-17)16-26-25(29)22-15-24(28-23-6-4-3-5-21(22)23)27-19-11-13-20(30-2)14-12-19/h3-15H,16H2,1-2H3,(H,26,29)(H,27,28). The molecule has 1 heterocycles. The molecule has 0 bridgehead atoms. The number of aromatic nitrogens is 1. The number of hydrogen-bond donors (Lipinski definition) is 2. The highest BCUT2D eigenvalue weighted by atomic mass is 16.5. The summed E-state index contributed by atoms with van der Waals surface area (Å²) in [6, 6.07) is 25.1. The Morgan fingerprint density at radius 2 is 1.70 bits per heavy atom. The topological polar surface area (TPSA) is 63.2 Å². The summed E-state index contributed by atoms with van der Waals surface area (Å²) in [6.45, 7) is 2.51. The number of rotatable bonds is 6. The minimum atomic E-state index is -0.132. The highest BCUT2D eigenvalue weighted by Crippen LogP contribution is 2.24. The molecular weight excluding hydrogens is 374 g/mol. The Morgan fingerprint density at radius 1 is 0.967 bits per heavy atom. The summed E-state index contributed by atoms with van der Waals surface area (Å²) in [5.74, 6) is 1.26. The molecule has 0 radical (unpaired) electrons. The number of ether oxygens (including phenoxy) is 1. The lowest BCUT2D eigenvalue weighted by Crippen LogP contribution is -2.23. The van der Waals surface area contributed by atoms with E-state index < -0.39 is 0 Å². The van der Waals surface area contributed by atoms with Crippen LogP contribution in [0.1, 0.15) is 21.5 Å². The van der Waals surface area contributed by atoms with Crippen molar-refractivity contribution < 1.29 is 9.53 Å². The quantitative estimate of drug-likeness (QED) is 0.468. The number of anilines is 2. The Labute approximate surface area is 175 Å². The lowest BCUT2D eigenvalue weighted by atomic mass is 10.1. The van der Waals surface area contributed by atoms with Crippen LogP contribution in [0.4, 0.5) is 11.5 Å². The average molecular weight is 397 g/mol. The summed E-state index contributed by atoms with van der Waals surface area (Å²) >= 11 is 0. The van der Waals surface area contributed by atoms with Crippen LogP contribution in [0, 0.1) is 6.92 Å². The predicted octanol–water partition coefficient (Wildman–Crippen LogP) is 5.23. The number of para-hydroxylation sites is 1. The first-order chi connectivity index (χ1) is 14.6. The van der Waals surface area contributed by atoms with Gasteiger partial charge in [0.25, 0.3) is 5.91 Å². The third-order valence-electron chi connectivity index (χ3n) is 4.90. The molecule has 0 spiro atoms. The third-order valence-corrected chi connectivity index (χ3v) is 4.90. The van der Waals surface area contributed by atoms with E-state index in [-0.39, 0.29) is 5.91 Å². The summed E-state index contributed by atoms with van der Waals surface area (Å²) in [6.07, 6.45) is 0. The van der Waals surface area contributed by atoms with Gasteiger partial charge in [0.2, 0.25) is 0 Å². The number of nitrogens with one attached hydrogen (secondary N) is 2. The lowest BCUT2D eigenvalue weighted by Gasteiger charge is -2.12. The number of pyridine rings is 1. The van der Waals surface area contributed by atoms with Crippen molar-refractivity contribution in [3.63, 3.8) is 0 Å². The van der Waals surface area contributed by atoms with E-state index in [9.17, 15) is 4.79 Å². The maximum atomic E-state index is 13.0. The third kappa shape index (κ3) is 4.41. The van der Waals surface area contributed by atoms with E-state index in [1.165, 1.54) is 5.56 Å². The highest BCUT2D eigenvalue weighted by Gasteiger charge is 2.13. The first kappa shape index (κ1) is 19.5. The SMILES string of the molecule is COc1ccc(Nc2cc(C(=O)NCc3ccc(C)cc3)c3ccccc3n2)cc1. The molecule has 0 aliphatic rings. The van der Waals surface area contributed by atoms with Crippen LogP contribution in [0.2, 0.25) is 0 Å². The van der Waals surface area contributed by atoms with Gasteiger partial charge in [-0.05, 0) is 48.9 Å². The minimum absolute atomic E-state index is 0.132. The monoisotopic (exact) mass is 397 g/mol. The van der Waals surface area contributed by atoms with Crippen molar-refractivity contribution >= 4 is 28.3 Å². The predicted molar refractivity (Wildman–Crippen MR) is 120 cm³/mol. The van der Waals surface area contributed by atoms with E-state index in [0.717, 1.165) is 27.9 Å². The second-order valence-electron chi connectivity index (χ2n) is 7.09. The van der Waals surface area contributed by atoms with Crippen molar-refractivity contribution in [3.8, 4) is 5.75 Å². The Bertz CT molecular complexity index is 1170. The molecule has 0 saturated heterocycles. The van der Waals surface area contributed by atoms with E-state index in [0.29, 0.717) is 17.9 Å². The smallest absolute Gasteiger partial charge is 0.252 e. The largest absolute Gasteiger partial charge is 0.497 e. The maximum Gasteiger partial charge on any atom is 0.252 e. The van der Waals surface area contributed by atoms with Crippen LogP contribution >= 0.6 is 0 Å². The maximum absolute atomic E-state index is 13.0. The molecule has 4 aromatic rings. The molecule has 3 aromatic carbocycles. The minimum Gasteiger partial charge on any atom is -0.497 e. The molecule has 30 heavy (non-hydrogen) atoms. The number of carbonyl (C=O) groups excluding carboxylic acids is 1. The molecule has 5 nitrogen and oxygen atoms in total. The van der Waals surface area contributed by atoms with Crippen molar-refractivity contribution in [3.05, 3.63) is 95.6 Å². The van der Waals surface area contributed by atoms with Gasteiger partial charge < -0.3 is 15.4 Å². The van der Waals surface area contributed by atoms with Crippen molar-refractivity contribution in [2.24, 2.45) is 0 Å². The number of carbonyl (C=O) groups is 1. The molecule has 0 saturated carbocycles. The molecule has 0 aliphatic heterocycles. The van der Waals surface area contributed by atoms with Gasteiger partial charge in [0, 0.05) is 17.6 Å². The van der Waals surface area contributed by atoms with Crippen molar-refractivity contribution in [1.29, 1.82) is 0 Å². The molecule has 0 atom stereocenters. The van der Waals surface area contributed by atoms with Gasteiger partial charge >= 0.3 is 0 Å². The fourth-order valence-corrected chi connectivity index (χ4v) is 3.23. The molecule has 0 unspecified atom stereocenters. The van der Waals surface area contributed by atoms with Gasteiger partial charge in [-0.3, -0.25) is 4.79 Å². The average Bonchev–Trinajstić information content (AvgIpc) is 2.78. The van der Waals surface area contributed by atoms with Crippen LogP contribution in [0.5, 0.6) is 5.75 Å². The first-order valence-corrected chi connectivity index (χ1v) is 9.77. The summed E-state index contributed by atoms with van der Waals surface area (Å²) in [7, 11) is 1.63.